The van der Waals surface area contributed by atoms with Crippen LogP contribution in [0, 0.1) is 17.6 Å². The van der Waals surface area contributed by atoms with E-state index in [2.05, 4.69) is 20.0 Å². The van der Waals surface area contributed by atoms with Crippen LogP contribution in [-0.4, -0.2) is 45.1 Å². The number of primary amides is 1. The second-order valence-electron chi connectivity index (χ2n) is 8.63. The van der Waals surface area contributed by atoms with E-state index in [9.17, 15) is 18.4 Å². The molecular formula is C22H22F2N6O2. The molecule has 1 spiro atoms. The maximum atomic E-state index is 13.7. The second-order valence-corrected chi connectivity index (χ2v) is 8.63. The lowest BCUT2D eigenvalue weighted by Crippen LogP contribution is -2.49. The van der Waals surface area contributed by atoms with Crippen molar-refractivity contribution in [2.45, 2.75) is 43.7 Å². The molecule has 0 radical (unpaired) electrons. The van der Waals surface area contributed by atoms with Gasteiger partial charge in [0.05, 0.1) is 6.04 Å². The number of nitrogens with zero attached hydrogens (tertiary/aromatic N) is 5. The van der Waals surface area contributed by atoms with E-state index in [-0.39, 0.29) is 23.1 Å². The van der Waals surface area contributed by atoms with Crippen molar-refractivity contribution in [3.63, 3.8) is 0 Å². The Morgan fingerprint density at radius 2 is 1.84 bits per heavy atom. The van der Waals surface area contributed by atoms with Gasteiger partial charge >= 0.3 is 0 Å². The summed E-state index contributed by atoms with van der Waals surface area (Å²) in [5.74, 6) is -1.74. The van der Waals surface area contributed by atoms with Crippen LogP contribution in [-0.2, 0) is 4.79 Å². The van der Waals surface area contributed by atoms with E-state index in [1.807, 2.05) is 0 Å². The highest BCUT2D eigenvalue weighted by Crippen LogP contribution is 2.52. The second kappa shape index (κ2) is 7.61. The summed E-state index contributed by atoms with van der Waals surface area (Å²) < 4.78 is 27.5. The van der Waals surface area contributed by atoms with Crippen LogP contribution in [0.5, 0.6) is 0 Å². The molecule has 2 aliphatic heterocycles. The number of rotatable bonds is 4. The fourth-order valence-electron chi connectivity index (χ4n) is 4.87. The minimum Gasteiger partial charge on any atom is -0.364 e. The lowest BCUT2D eigenvalue weighted by Gasteiger charge is -2.41. The van der Waals surface area contributed by atoms with E-state index in [1.165, 1.54) is 23.5 Å². The van der Waals surface area contributed by atoms with Crippen LogP contribution in [0.2, 0.25) is 0 Å². The zero-order valence-electron chi connectivity index (χ0n) is 17.2. The molecule has 8 nitrogen and oxygen atoms in total. The molecule has 1 aliphatic carbocycles. The van der Waals surface area contributed by atoms with E-state index in [1.54, 1.807) is 12.3 Å². The summed E-state index contributed by atoms with van der Waals surface area (Å²) in [4.78, 5) is 35.2. The molecule has 2 unspecified atom stereocenters. The highest BCUT2D eigenvalue weighted by atomic mass is 19.1. The molecule has 10 heteroatoms. The summed E-state index contributed by atoms with van der Waals surface area (Å²) in [5.41, 5.74) is 5.69. The molecule has 2 amide bonds. The van der Waals surface area contributed by atoms with E-state index < -0.39 is 23.6 Å². The normalized spacial score (nSPS) is 23.6. The van der Waals surface area contributed by atoms with Gasteiger partial charge in [-0.15, -0.1) is 0 Å². The van der Waals surface area contributed by atoms with Crippen LogP contribution >= 0.6 is 0 Å². The molecule has 0 bridgehead atoms. The Labute approximate surface area is 183 Å². The van der Waals surface area contributed by atoms with Gasteiger partial charge in [0.15, 0.2) is 0 Å². The Morgan fingerprint density at radius 3 is 2.53 bits per heavy atom. The van der Waals surface area contributed by atoms with Crippen LogP contribution < -0.4 is 10.6 Å². The Hall–Kier alpha value is -3.43. The van der Waals surface area contributed by atoms with Gasteiger partial charge in [-0.05, 0) is 43.4 Å². The number of piperidine rings is 1. The SMILES string of the molecule is NC(=O)c1cc(N2CCC(C(=O)N3N=CCC3c3cc(F)cc(F)c3)CC23CC3)ncn1. The third-order valence-electron chi connectivity index (χ3n) is 6.58. The van der Waals surface area contributed by atoms with Crippen molar-refractivity contribution in [2.24, 2.45) is 16.8 Å². The van der Waals surface area contributed by atoms with E-state index in [4.69, 9.17) is 5.73 Å². The number of hydrogen-bond acceptors (Lipinski definition) is 6. The Bertz CT molecular complexity index is 1100. The van der Waals surface area contributed by atoms with Crippen molar-refractivity contribution in [3.05, 3.63) is 53.5 Å². The standard InChI is InChI=1S/C22H22F2N6O2/c23-15-7-14(8-16(24)9-15)18-1-5-28-30(18)21(32)13-2-6-29(22(11-13)3-4-22)19-10-17(20(25)31)26-12-27-19/h5,7-10,12-13,18H,1-4,6,11H2,(H2,25,31). The largest absolute Gasteiger partial charge is 0.364 e. The first-order chi connectivity index (χ1) is 15.4. The minimum absolute atomic E-state index is 0.139. The number of carbonyl (C=O) groups excluding carboxylic acids is 2. The number of hydrazone groups is 1. The summed E-state index contributed by atoms with van der Waals surface area (Å²) in [6, 6.07) is 4.39. The van der Waals surface area contributed by atoms with Gasteiger partial charge in [-0.25, -0.2) is 23.8 Å². The zero-order chi connectivity index (χ0) is 22.5. The maximum Gasteiger partial charge on any atom is 0.267 e. The lowest BCUT2D eigenvalue weighted by atomic mass is 9.87. The van der Waals surface area contributed by atoms with Crippen LogP contribution in [0.4, 0.5) is 14.6 Å². The molecule has 1 saturated carbocycles. The van der Waals surface area contributed by atoms with Crippen LogP contribution in [0.25, 0.3) is 0 Å². The third-order valence-corrected chi connectivity index (χ3v) is 6.58. The summed E-state index contributed by atoms with van der Waals surface area (Å²) in [5, 5.41) is 5.61. The average Bonchev–Trinajstić information content (AvgIpc) is 3.34. The van der Waals surface area contributed by atoms with Gasteiger partial charge in [-0.1, -0.05) is 0 Å². The molecule has 3 aliphatic rings. The fourth-order valence-corrected chi connectivity index (χ4v) is 4.87. The topological polar surface area (TPSA) is 105 Å². The van der Waals surface area contributed by atoms with Gasteiger partial charge in [0.1, 0.15) is 29.5 Å². The summed E-state index contributed by atoms with van der Waals surface area (Å²) in [6.45, 7) is 0.586. The lowest BCUT2D eigenvalue weighted by molar-refractivity contribution is -0.138. The molecule has 2 N–H and O–H groups in total. The van der Waals surface area contributed by atoms with E-state index >= 15 is 0 Å². The Morgan fingerprint density at radius 1 is 1.09 bits per heavy atom. The van der Waals surface area contributed by atoms with Crippen molar-refractivity contribution in [1.82, 2.24) is 15.0 Å². The molecule has 3 heterocycles. The fraction of sp³-hybridized carbons (Fsp3) is 0.409. The van der Waals surface area contributed by atoms with E-state index in [0.717, 1.165) is 18.9 Å². The van der Waals surface area contributed by atoms with Crippen LogP contribution in [0.3, 0.4) is 0 Å². The quantitative estimate of drug-likeness (QED) is 0.787. The number of carbonyl (C=O) groups is 2. The molecule has 5 rings (SSSR count). The zero-order valence-corrected chi connectivity index (χ0v) is 17.2. The molecule has 1 aromatic heterocycles. The Kier molecular flexibility index (Phi) is 4.87. The number of aromatic nitrogens is 2. The highest BCUT2D eigenvalue weighted by Gasteiger charge is 2.54. The van der Waals surface area contributed by atoms with Crippen LogP contribution in [0.15, 0.2) is 35.7 Å². The average molecular weight is 440 g/mol. The van der Waals surface area contributed by atoms with E-state index in [0.29, 0.717) is 37.2 Å². The van der Waals surface area contributed by atoms with Gasteiger partial charge in [0.2, 0.25) is 5.91 Å². The van der Waals surface area contributed by atoms with Crippen LogP contribution in [0.1, 0.15) is 54.2 Å². The van der Waals surface area contributed by atoms with Gasteiger partial charge in [0, 0.05) is 42.8 Å². The number of nitrogens with two attached hydrogens (primary N) is 1. The number of hydrogen-bond donors (Lipinski definition) is 1. The number of benzene rings is 1. The summed E-state index contributed by atoms with van der Waals surface area (Å²) >= 11 is 0. The van der Waals surface area contributed by atoms with Gasteiger partial charge < -0.3 is 10.6 Å². The first kappa shape index (κ1) is 20.5. The molecule has 32 heavy (non-hydrogen) atoms. The highest BCUT2D eigenvalue weighted by molar-refractivity contribution is 5.91. The van der Waals surface area contributed by atoms with Crippen molar-refractivity contribution < 1.29 is 18.4 Å². The summed E-state index contributed by atoms with van der Waals surface area (Å²) in [6.07, 6.45) is 6.37. The molecular weight excluding hydrogens is 418 g/mol. The van der Waals surface area contributed by atoms with Crippen molar-refractivity contribution in [1.29, 1.82) is 0 Å². The van der Waals surface area contributed by atoms with Crippen molar-refractivity contribution in [3.8, 4) is 0 Å². The van der Waals surface area contributed by atoms with Gasteiger partial charge in [-0.2, -0.15) is 5.10 Å². The maximum absolute atomic E-state index is 13.7. The minimum atomic E-state index is -0.676. The third kappa shape index (κ3) is 3.59. The van der Waals surface area contributed by atoms with Crippen molar-refractivity contribution in [2.75, 3.05) is 11.4 Å². The first-order valence-electron chi connectivity index (χ1n) is 10.6. The molecule has 2 fully saturated rings. The molecule has 2 aromatic rings. The van der Waals surface area contributed by atoms with Gasteiger partial charge in [0.25, 0.3) is 5.91 Å². The monoisotopic (exact) mass is 440 g/mol. The molecule has 1 saturated heterocycles. The molecule has 1 aromatic carbocycles. The Balaban J connectivity index is 1.34. The predicted molar refractivity (Wildman–Crippen MR) is 112 cm³/mol. The smallest absolute Gasteiger partial charge is 0.267 e. The molecule has 2 atom stereocenters. The van der Waals surface area contributed by atoms with Crippen molar-refractivity contribution >= 4 is 23.8 Å². The summed E-state index contributed by atoms with van der Waals surface area (Å²) in [7, 11) is 0. The molecule has 166 valence electrons. The first-order valence-corrected chi connectivity index (χ1v) is 10.6. The van der Waals surface area contributed by atoms with Gasteiger partial charge in [-0.3, -0.25) is 9.59 Å². The number of anilines is 1. The number of halogens is 2. The predicted octanol–water partition coefficient (Wildman–Crippen LogP) is 2.56. The number of amides is 2.